The van der Waals surface area contributed by atoms with E-state index in [2.05, 4.69) is 70.6 Å². The van der Waals surface area contributed by atoms with Crippen molar-refractivity contribution in [2.45, 2.75) is 16.5 Å². The summed E-state index contributed by atoms with van der Waals surface area (Å²) in [6.45, 7) is 0. The molecule has 0 aliphatic rings. The number of aromatic nitrogens is 3. The van der Waals surface area contributed by atoms with Crippen molar-refractivity contribution in [3.8, 4) is 22.5 Å². The number of thioether (sulfide) groups is 2. The molecule has 2 aromatic heterocycles. The lowest BCUT2D eigenvalue weighted by molar-refractivity contribution is 1.04. The van der Waals surface area contributed by atoms with Crippen LogP contribution in [0.1, 0.15) is 6.42 Å². The van der Waals surface area contributed by atoms with E-state index >= 15 is 0 Å². The van der Waals surface area contributed by atoms with Gasteiger partial charge in [-0.05, 0) is 24.3 Å². The van der Waals surface area contributed by atoms with Gasteiger partial charge in [-0.25, -0.2) is 4.98 Å². The van der Waals surface area contributed by atoms with Crippen LogP contribution < -0.4 is 0 Å². The topological polar surface area (TPSA) is 41.6 Å². The summed E-state index contributed by atoms with van der Waals surface area (Å²) in [4.78, 5) is 13.8. The second-order valence-electron chi connectivity index (χ2n) is 6.23. The van der Waals surface area contributed by atoms with Crippen LogP contribution >= 0.6 is 23.5 Å². The predicted octanol–water partition coefficient (Wildman–Crippen LogP) is 6.41. The van der Waals surface area contributed by atoms with Gasteiger partial charge in [0.1, 0.15) is 0 Å². The standard InChI is InChI=1S/C23H21N3S2/c1-3-8-18(9-4-1)21-22(19-10-5-2-6-11-19)26-23(25-21)28-17-7-16-27-20-12-14-24-15-13-20/h1-6,8-15H,7,16-17H2,(H,25,26). The van der Waals surface area contributed by atoms with Gasteiger partial charge in [-0.15, -0.1) is 11.8 Å². The van der Waals surface area contributed by atoms with Gasteiger partial charge in [-0.1, -0.05) is 72.4 Å². The van der Waals surface area contributed by atoms with E-state index in [0.29, 0.717) is 0 Å². The summed E-state index contributed by atoms with van der Waals surface area (Å²) in [5, 5.41) is 0.978. The maximum absolute atomic E-state index is 4.90. The van der Waals surface area contributed by atoms with Gasteiger partial charge in [0, 0.05) is 34.2 Å². The zero-order chi connectivity index (χ0) is 19.0. The number of nitrogens with zero attached hydrogens (tertiary/aromatic N) is 2. The van der Waals surface area contributed by atoms with E-state index < -0.39 is 0 Å². The van der Waals surface area contributed by atoms with Gasteiger partial charge in [0.05, 0.1) is 11.4 Å². The van der Waals surface area contributed by atoms with Crippen LogP contribution in [-0.2, 0) is 0 Å². The van der Waals surface area contributed by atoms with E-state index in [-0.39, 0.29) is 0 Å². The first kappa shape index (κ1) is 18.8. The van der Waals surface area contributed by atoms with Crippen molar-refractivity contribution in [1.82, 2.24) is 15.0 Å². The van der Waals surface area contributed by atoms with Crippen molar-refractivity contribution in [1.29, 1.82) is 0 Å². The van der Waals surface area contributed by atoms with Gasteiger partial charge in [0.15, 0.2) is 5.16 Å². The molecule has 0 saturated heterocycles. The maximum Gasteiger partial charge on any atom is 0.166 e. The summed E-state index contributed by atoms with van der Waals surface area (Å²) in [6, 6.07) is 24.9. The second-order valence-corrected chi connectivity index (χ2v) is 8.48. The molecule has 0 bridgehead atoms. The fourth-order valence-corrected chi connectivity index (χ4v) is 4.72. The SMILES string of the molecule is c1ccc(-c2nc(SCCCSc3ccncc3)[nH]c2-c2ccccc2)cc1. The minimum Gasteiger partial charge on any atom is -0.332 e. The third kappa shape index (κ3) is 4.86. The highest BCUT2D eigenvalue weighted by atomic mass is 32.2. The average Bonchev–Trinajstić information content (AvgIpc) is 3.20. The largest absolute Gasteiger partial charge is 0.332 e. The molecule has 5 heteroatoms. The van der Waals surface area contributed by atoms with Crippen molar-refractivity contribution >= 4 is 23.5 Å². The molecule has 140 valence electrons. The molecular weight excluding hydrogens is 382 g/mol. The first-order chi connectivity index (χ1) is 13.9. The molecule has 0 amide bonds. The Balaban J connectivity index is 1.44. The second kappa shape index (κ2) is 9.62. The van der Waals surface area contributed by atoms with E-state index in [0.717, 1.165) is 45.6 Å². The van der Waals surface area contributed by atoms with Crippen LogP contribution in [0.5, 0.6) is 0 Å². The lowest BCUT2D eigenvalue weighted by Crippen LogP contribution is -1.86. The Kier molecular flexibility index (Phi) is 6.48. The zero-order valence-electron chi connectivity index (χ0n) is 15.4. The van der Waals surface area contributed by atoms with Crippen LogP contribution in [0, 0.1) is 0 Å². The van der Waals surface area contributed by atoms with Gasteiger partial charge in [-0.2, -0.15) is 0 Å². The molecule has 0 saturated carbocycles. The average molecular weight is 404 g/mol. The summed E-state index contributed by atoms with van der Waals surface area (Å²) in [7, 11) is 0. The Bertz CT molecular complexity index is 929. The first-order valence-electron chi connectivity index (χ1n) is 9.26. The lowest BCUT2D eigenvalue weighted by Gasteiger charge is -2.02. The van der Waals surface area contributed by atoms with Gasteiger partial charge in [-0.3, -0.25) is 4.98 Å². The van der Waals surface area contributed by atoms with Gasteiger partial charge < -0.3 is 4.98 Å². The molecular formula is C23H21N3S2. The van der Waals surface area contributed by atoms with Gasteiger partial charge >= 0.3 is 0 Å². The van der Waals surface area contributed by atoms with Gasteiger partial charge in [0.2, 0.25) is 0 Å². The summed E-state index contributed by atoms with van der Waals surface area (Å²) in [6.07, 6.45) is 4.81. The van der Waals surface area contributed by atoms with Crippen molar-refractivity contribution in [2.75, 3.05) is 11.5 Å². The Labute approximate surface area is 174 Å². The number of hydrogen-bond donors (Lipinski definition) is 1. The molecule has 0 aliphatic carbocycles. The third-order valence-corrected chi connectivity index (χ3v) is 6.30. The fraction of sp³-hybridized carbons (Fsp3) is 0.130. The summed E-state index contributed by atoms with van der Waals surface area (Å²) in [5.74, 6) is 2.13. The molecule has 4 rings (SSSR count). The van der Waals surface area contributed by atoms with Crippen molar-refractivity contribution < 1.29 is 0 Å². The maximum atomic E-state index is 4.90. The summed E-state index contributed by atoms with van der Waals surface area (Å²) < 4.78 is 0. The number of nitrogens with one attached hydrogen (secondary N) is 1. The number of aromatic amines is 1. The molecule has 0 spiro atoms. The van der Waals surface area contributed by atoms with Crippen LogP contribution in [0.15, 0.2) is 95.2 Å². The minimum atomic E-state index is 0.978. The number of hydrogen-bond acceptors (Lipinski definition) is 4. The molecule has 0 aliphatic heterocycles. The van der Waals surface area contributed by atoms with E-state index in [1.54, 1.807) is 11.8 Å². The quantitative estimate of drug-likeness (QED) is 0.272. The number of pyridine rings is 1. The summed E-state index contributed by atoms with van der Waals surface area (Å²) in [5.41, 5.74) is 4.40. The zero-order valence-corrected chi connectivity index (χ0v) is 17.0. The molecule has 4 aromatic rings. The van der Waals surface area contributed by atoms with Gasteiger partial charge in [0.25, 0.3) is 0 Å². The van der Waals surface area contributed by atoms with E-state index in [1.165, 1.54) is 4.90 Å². The van der Waals surface area contributed by atoms with Crippen molar-refractivity contribution in [3.63, 3.8) is 0 Å². The smallest absolute Gasteiger partial charge is 0.166 e. The molecule has 3 nitrogen and oxygen atoms in total. The number of imidazole rings is 1. The Morgan fingerprint density at radius 3 is 2.07 bits per heavy atom. The molecule has 28 heavy (non-hydrogen) atoms. The van der Waals surface area contributed by atoms with Crippen LogP contribution in [0.2, 0.25) is 0 Å². The molecule has 0 fully saturated rings. The minimum absolute atomic E-state index is 0.978. The van der Waals surface area contributed by atoms with Crippen LogP contribution in [0.25, 0.3) is 22.5 Å². The summed E-state index contributed by atoms with van der Waals surface area (Å²) >= 11 is 3.66. The molecule has 2 aromatic carbocycles. The molecule has 0 atom stereocenters. The highest BCUT2D eigenvalue weighted by molar-refractivity contribution is 8.00. The van der Waals surface area contributed by atoms with E-state index in [9.17, 15) is 0 Å². The number of benzene rings is 2. The highest BCUT2D eigenvalue weighted by Gasteiger charge is 2.14. The molecule has 0 unspecified atom stereocenters. The van der Waals surface area contributed by atoms with Crippen LogP contribution in [0.4, 0.5) is 0 Å². The van der Waals surface area contributed by atoms with Crippen molar-refractivity contribution in [3.05, 3.63) is 85.2 Å². The number of rotatable bonds is 8. The Morgan fingerprint density at radius 2 is 1.36 bits per heavy atom. The molecule has 0 radical (unpaired) electrons. The normalized spacial score (nSPS) is 10.9. The van der Waals surface area contributed by atoms with Crippen LogP contribution in [-0.4, -0.2) is 26.5 Å². The van der Waals surface area contributed by atoms with Crippen LogP contribution in [0.3, 0.4) is 0 Å². The Hall–Kier alpha value is -2.50. The first-order valence-corrected chi connectivity index (χ1v) is 11.2. The monoisotopic (exact) mass is 403 g/mol. The van der Waals surface area contributed by atoms with Crippen molar-refractivity contribution in [2.24, 2.45) is 0 Å². The lowest BCUT2D eigenvalue weighted by atomic mass is 10.1. The molecule has 2 heterocycles. The third-order valence-electron chi connectivity index (χ3n) is 4.24. The van der Waals surface area contributed by atoms with E-state index in [1.807, 2.05) is 36.3 Å². The fourth-order valence-electron chi connectivity index (χ4n) is 2.89. The highest BCUT2D eigenvalue weighted by Crippen LogP contribution is 2.32. The number of H-pyrrole nitrogens is 1. The molecule has 1 N–H and O–H groups in total. The van der Waals surface area contributed by atoms with E-state index in [4.69, 9.17) is 4.98 Å². The Morgan fingerprint density at radius 1 is 0.714 bits per heavy atom. The predicted molar refractivity (Wildman–Crippen MR) is 120 cm³/mol.